The molecule has 5 nitrogen and oxygen atoms in total. The van der Waals surface area contributed by atoms with Crippen molar-refractivity contribution in [2.75, 3.05) is 39.0 Å². The van der Waals surface area contributed by atoms with Gasteiger partial charge in [-0.05, 0) is 36.2 Å². The molecule has 160 valence electrons. The third-order valence-electron chi connectivity index (χ3n) is 5.07. The number of carbonyl (C=O) groups is 1. The van der Waals surface area contributed by atoms with E-state index in [1.807, 2.05) is 47.4 Å². The molecular weight excluding hydrogens is 416 g/mol. The summed E-state index contributed by atoms with van der Waals surface area (Å²) >= 11 is 7.69. The van der Waals surface area contributed by atoms with Gasteiger partial charge in [0.05, 0.1) is 0 Å². The standard InChI is InChI=1S/C23H29ClN4OS/c1-25-23(26-12-14-30-21-9-7-20(24)8-10-21)27-16-19-15-22(29)28(17-19)13-11-18-5-3-2-4-6-18/h2-10,19H,11-17H2,1H3,(H2,25,26,27). The molecule has 7 heteroatoms. The smallest absolute Gasteiger partial charge is 0.223 e. The van der Waals surface area contributed by atoms with Gasteiger partial charge in [0.25, 0.3) is 0 Å². The Bertz CT molecular complexity index is 829. The first-order valence-electron chi connectivity index (χ1n) is 10.3. The lowest BCUT2D eigenvalue weighted by Crippen LogP contribution is -2.41. The van der Waals surface area contributed by atoms with E-state index in [1.54, 1.807) is 18.8 Å². The van der Waals surface area contributed by atoms with E-state index >= 15 is 0 Å². The number of guanidine groups is 1. The van der Waals surface area contributed by atoms with Crippen LogP contribution in [0.4, 0.5) is 0 Å². The number of rotatable bonds is 9. The SMILES string of the molecule is CN=C(NCCSc1ccc(Cl)cc1)NCC1CC(=O)N(CCc2ccccc2)C1. The van der Waals surface area contributed by atoms with E-state index in [0.29, 0.717) is 12.3 Å². The van der Waals surface area contributed by atoms with Gasteiger partial charge in [0, 0.05) is 61.2 Å². The Labute approximate surface area is 188 Å². The van der Waals surface area contributed by atoms with Crippen LogP contribution in [0.3, 0.4) is 0 Å². The number of carbonyl (C=O) groups excluding carboxylic acids is 1. The molecular formula is C23H29ClN4OS. The first-order valence-corrected chi connectivity index (χ1v) is 11.6. The maximum Gasteiger partial charge on any atom is 0.223 e. The number of likely N-dealkylation sites (tertiary alicyclic amines) is 1. The molecule has 0 aliphatic carbocycles. The van der Waals surface area contributed by atoms with Crippen molar-refractivity contribution >= 4 is 35.2 Å². The number of nitrogens with zero attached hydrogens (tertiary/aromatic N) is 2. The van der Waals surface area contributed by atoms with Crippen LogP contribution in [0.25, 0.3) is 0 Å². The number of nitrogens with one attached hydrogen (secondary N) is 2. The molecule has 1 atom stereocenters. The molecule has 2 N–H and O–H groups in total. The van der Waals surface area contributed by atoms with Crippen molar-refractivity contribution in [2.45, 2.75) is 17.7 Å². The summed E-state index contributed by atoms with van der Waals surface area (Å²) in [5.41, 5.74) is 1.27. The number of amides is 1. The molecule has 1 aliphatic rings. The van der Waals surface area contributed by atoms with Gasteiger partial charge in [0.1, 0.15) is 0 Å². The number of hydrogen-bond acceptors (Lipinski definition) is 3. The molecule has 2 aromatic rings. The molecule has 0 saturated carbocycles. The summed E-state index contributed by atoms with van der Waals surface area (Å²) in [4.78, 5) is 19.8. The summed E-state index contributed by atoms with van der Waals surface area (Å²) in [5.74, 6) is 2.27. The maximum atomic E-state index is 12.3. The van der Waals surface area contributed by atoms with Crippen LogP contribution < -0.4 is 10.6 Å². The molecule has 1 fully saturated rings. The predicted octanol–water partition coefficient (Wildman–Crippen LogP) is 3.69. The minimum atomic E-state index is 0.250. The van der Waals surface area contributed by atoms with E-state index in [2.05, 4.69) is 27.8 Å². The van der Waals surface area contributed by atoms with Gasteiger partial charge in [-0.2, -0.15) is 0 Å². The van der Waals surface area contributed by atoms with Crippen LogP contribution in [0.1, 0.15) is 12.0 Å². The zero-order valence-electron chi connectivity index (χ0n) is 17.3. The highest BCUT2D eigenvalue weighted by Gasteiger charge is 2.29. The zero-order chi connectivity index (χ0) is 21.2. The average molecular weight is 445 g/mol. The fourth-order valence-electron chi connectivity index (χ4n) is 3.45. The second-order valence-corrected chi connectivity index (χ2v) is 8.93. The van der Waals surface area contributed by atoms with Crippen LogP contribution in [0.2, 0.25) is 5.02 Å². The Hall–Kier alpha value is -2.18. The Morgan fingerprint density at radius 3 is 2.67 bits per heavy atom. The van der Waals surface area contributed by atoms with Gasteiger partial charge in [-0.1, -0.05) is 41.9 Å². The fourth-order valence-corrected chi connectivity index (χ4v) is 4.34. The maximum absolute atomic E-state index is 12.3. The summed E-state index contributed by atoms with van der Waals surface area (Å²) in [6.07, 6.45) is 1.51. The molecule has 0 aromatic heterocycles. The second kappa shape index (κ2) is 11.9. The first-order chi connectivity index (χ1) is 14.6. The van der Waals surface area contributed by atoms with Crippen LogP contribution in [0, 0.1) is 5.92 Å². The zero-order valence-corrected chi connectivity index (χ0v) is 18.9. The van der Waals surface area contributed by atoms with Gasteiger partial charge in [-0.3, -0.25) is 9.79 Å². The lowest BCUT2D eigenvalue weighted by molar-refractivity contribution is -0.127. The molecule has 1 unspecified atom stereocenters. The number of thioether (sulfide) groups is 1. The summed E-state index contributed by atoms with van der Waals surface area (Å²) in [6, 6.07) is 18.2. The van der Waals surface area contributed by atoms with Gasteiger partial charge < -0.3 is 15.5 Å². The summed E-state index contributed by atoms with van der Waals surface area (Å²) in [5, 5.41) is 7.46. The molecule has 0 radical (unpaired) electrons. The minimum absolute atomic E-state index is 0.250. The van der Waals surface area contributed by atoms with Gasteiger partial charge in [0.15, 0.2) is 5.96 Å². The number of hydrogen-bond donors (Lipinski definition) is 2. The van der Waals surface area contributed by atoms with E-state index in [4.69, 9.17) is 11.6 Å². The molecule has 0 spiro atoms. The lowest BCUT2D eigenvalue weighted by atomic mass is 10.1. The monoisotopic (exact) mass is 444 g/mol. The van der Waals surface area contributed by atoms with Gasteiger partial charge in [0.2, 0.25) is 5.91 Å². The Balaban J connectivity index is 1.33. The number of benzene rings is 2. The summed E-state index contributed by atoms with van der Waals surface area (Å²) < 4.78 is 0. The van der Waals surface area contributed by atoms with Crippen molar-refractivity contribution in [3.8, 4) is 0 Å². The van der Waals surface area contributed by atoms with Gasteiger partial charge >= 0.3 is 0 Å². The van der Waals surface area contributed by atoms with E-state index in [-0.39, 0.29) is 5.91 Å². The third kappa shape index (κ3) is 7.26. The molecule has 1 heterocycles. The molecule has 1 aliphatic heterocycles. The molecule has 0 bridgehead atoms. The summed E-state index contributed by atoms with van der Waals surface area (Å²) in [7, 11) is 1.77. The predicted molar refractivity (Wildman–Crippen MR) is 126 cm³/mol. The first kappa shape index (κ1) is 22.5. The molecule has 3 rings (SSSR count). The number of halogens is 1. The summed E-state index contributed by atoms with van der Waals surface area (Å²) in [6.45, 7) is 3.15. The lowest BCUT2D eigenvalue weighted by Gasteiger charge is -2.18. The van der Waals surface area contributed by atoms with E-state index in [1.165, 1.54) is 10.5 Å². The van der Waals surface area contributed by atoms with Crippen molar-refractivity contribution in [2.24, 2.45) is 10.9 Å². The van der Waals surface area contributed by atoms with Crippen LogP contribution in [-0.2, 0) is 11.2 Å². The van der Waals surface area contributed by atoms with Crippen LogP contribution in [-0.4, -0.2) is 55.7 Å². The Morgan fingerprint density at radius 2 is 1.93 bits per heavy atom. The number of aliphatic imine (C=N–C) groups is 1. The van der Waals surface area contributed by atoms with Crippen LogP contribution >= 0.6 is 23.4 Å². The van der Waals surface area contributed by atoms with Gasteiger partial charge in [-0.25, -0.2) is 0 Å². The van der Waals surface area contributed by atoms with E-state index < -0.39 is 0 Å². The highest BCUT2D eigenvalue weighted by molar-refractivity contribution is 7.99. The molecule has 2 aromatic carbocycles. The van der Waals surface area contributed by atoms with Crippen molar-refractivity contribution in [3.63, 3.8) is 0 Å². The van der Waals surface area contributed by atoms with Crippen LogP contribution in [0.15, 0.2) is 64.5 Å². The molecule has 1 amide bonds. The average Bonchev–Trinajstić information content (AvgIpc) is 3.13. The largest absolute Gasteiger partial charge is 0.356 e. The second-order valence-electron chi connectivity index (χ2n) is 7.33. The van der Waals surface area contributed by atoms with Gasteiger partial charge in [-0.15, -0.1) is 11.8 Å². The van der Waals surface area contributed by atoms with E-state index in [0.717, 1.165) is 49.3 Å². The fraction of sp³-hybridized carbons (Fsp3) is 0.391. The molecule has 1 saturated heterocycles. The van der Waals surface area contributed by atoms with Crippen molar-refractivity contribution in [1.82, 2.24) is 15.5 Å². The minimum Gasteiger partial charge on any atom is -0.356 e. The Morgan fingerprint density at radius 1 is 1.17 bits per heavy atom. The highest BCUT2D eigenvalue weighted by Crippen LogP contribution is 2.20. The molecule has 30 heavy (non-hydrogen) atoms. The highest BCUT2D eigenvalue weighted by atomic mass is 35.5. The van der Waals surface area contributed by atoms with Crippen LogP contribution in [0.5, 0.6) is 0 Å². The third-order valence-corrected chi connectivity index (χ3v) is 6.33. The normalized spacial score (nSPS) is 16.7. The van der Waals surface area contributed by atoms with Crippen molar-refractivity contribution < 1.29 is 4.79 Å². The van der Waals surface area contributed by atoms with Crippen molar-refractivity contribution in [1.29, 1.82) is 0 Å². The quantitative estimate of drug-likeness (QED) is 0.268. The van der Waals surface area contributed by atoms with Crippen molar-refractivity contribution in [3.05, 3.63) is 65.2 Å². The Kier molecular flexibility index (Phi) is 8.90. The van der Waals surface area contributed by atoms with E-state index in [9.17, 15) is 4.79 Å². The topological polar surface area (TPSA) is 56.7 Å².